The summed E-state index contributed by atoms with van der Waals surface area (Å²) in [5.41, 5.74) is 5.25. The molecule has 0 unspecified atom stereocenters. The van der Waals surface area contributed by atoms with Crippen molar-refractivity contribution >= 4 is 34.8 Å². The highest BCUT2D eigenvalue weighted by atomic mass is 19.2. The van der Waals surface area contributed by atoms with Crippen LogP contribution in [0.3, 0.4) is 0 Å². The third-order valence-corrected chi connectivity index (χ3v) is 6.38. The Morgan fingerprint density at radius 3 is 2.49 bits per heavy atom. The number of fused-ring (bicyclic) bond motifs is 1. The fraction of sp³-hybridized carbons (Fsp3) is 0.0690. The molecule has 1 amide bonds. The first-order valence-corrected chi connectivity index (χ1v) is 11.7. The van der Waals surface area contributed by atoms with Crippen molar-refractivity contribution in [1.29, 1.82) is 0 Å². The summed E-state index contributed by atoms with van der Waals surface area (Å²) in [6, 6.07) is 18.3. The van der Waals surface area contributed by atoms with Crippen LogP contribution in [0.25, 0.3) is 11.1 Å². The van der Waals surface area contributed by atoms with Gasteiger partial charge >= 0.3 is 6.16 Å². The quantitative estimate of drug-likeness (QED) is 0.118. The second-order valence-electron chi connectivity index (χ2n) is 8.83. The van der Waals surface area contributed by atoms with Gasteiger partial charge in [-0.3, -0.25) is 15.1 Å². The lowest BCUT2D eigenvalue weighted by Crippen LogP contribution is -2.26. The standard InChI is InChI=1S/C29H21F2N3O5/c1-15-9-10-18(13-16(15)2)34-23-12-11-21(30)25(31)24(23)26(28(34)36)33-32-22-8-4-7-20(27(22)35)17-5-3-6-19(14-17)39-29(37)38/h3-14,32,35H,1-2H3,(H,37,38). The van der Waals surface area contributed by atoms with Crippen molar-refractivity contribution in [2.75, 3.05) is 10.3 Å². The molecule has 0 aromatic heterocycles. The molecule has 0 saturated heterocycles. The summed E-state index contributed by atoms with van der Waals surface area (Å²) >= 11 is 0. The zero-order valence-corrected chi connectivity index (χ0v) is 20.7. The molecule has 4 aromatic rings. The number of carbonyl (C=O) groups is 2. The molecule has 8 nitrogen and oxygen atoms in total. The van der Waals surface area contributed by atoms with Gasteiger partial charge in [-0.1, -0.05) is 30.3 Å². The van der Waals surface area contributed by atoms with E-state index in [-0.39, 0.29) is 34.1 Å². The Hall–Kier alpha value is -5.25. The van der Waals surface area contributed by atoms with E-state index in [0.717, 1.165) is 17.2 Å². The number of rotatable bonds is 5. The first-order chi connectivity index (χ1) is 18.7. The minimum atomic E-state index is -1.48. The minimum absolute atomic E-state index is 0.0510. The number of hydrogen-bond acceptors (Lipinski definition) is 6. The number of carboxylic acid groups (broad SMARTS) is 1. The number of nitrogens with zero attached hydrogens (tertiary/aromatic N) is 2. The van der Waals surface area contributed by atoms with Crippen molar-refractivity contribution < 1.29 is 33.3 Å². The molecular formula is C29H21F2N3O5. The molecular weight excluding hydrogens is 508 g/mol. The highest BCUT2D eigenvalue weighted by molar-refractivity contribution is 6.55. The van der Waals surface area contributed by atoms with Gasteiger partial charge in [0, 0.05) is 11.3 Å². The van der Waals surface area contributed by atoms with E-state index in [0.29, 0.717) is 16.8 Å². The molecule has 0 bridgehead atoms. The van der Waals surface area contributed by atoms with Crippen molar-refractivity contribution in [2.45, 2.75) is 13.8 Å². The van der Waals surface area contributed by atoms with Crippen LogP contribution in [0.2, 0.25) is 0 Å². The fourth-order valence-electron chi connectivity index (χ4n) is 4.31. The van der Waals surface area contributed by atoms with Crippen molar-refractivity contribution in [2.24, 2.45) is 5.10 Å². The van der Waals surface area contributed by atoms with Gasteiger partial charge in [-0.25, -0.2) is 13.6 Å². The highest BCUT2D eigenvalue weighted by Crippen LogP contribution is 2.40. The van der Waals surface area contributed by atoms with Crippen LogP contribution in [0, 0.1) is 25.5 Å². The topological polar surface area (TPSA) is 111 Å². The first kappa shape index (κ1) is 25.4. The van der Waals surface area contributed by atoms with Crippen LogP contribution in [-0.4, -0.2) is 28.0 Å². The zero-order valence-electron chi connectivity index (χ0n) is 20.7. The van der Waals surface area contributed by atoms with E-state index in [2.05, 4.69) is 15.3 Å². The van der Waals surface area contributed by atoms with E-state index in [1.54, 1.807) is 36.4 Å². The summed E-state index contributed by atoms with van der Waals surface area (Å²) < 4.78 is 33.9. The first-order valence-electron chi connectivity index (χ1n) is 11.7. The largest absolute Gasteiger partial charge is 0.511 e. The molecule has 0 aliphatic carbocycles. The Balaban J connectivity index is 1.54. The van der Waals surface area contributed by atoms with E-state index >= 15 is 4.39 Å². The monoisotopic (exact) mass is 529 g/mol. The molecule has 39 heavy (non-hydrogen) atoms. The van der Waals surface area contributed by atoms with Gasteiger partial charge in [-0.05, 0) is 73.0 Å². The van der Waals surface area contributed by atoms with Gasteiger partial charge < -0.3 is 14.9 Å². The Morgan fingerprint density at radius 2 is 1.74 bits per heavy atom. The van der Waals surface area contributed by atoms with Crippen LogP contribution in [0.1, 0.15) is 16.7 Å². The molecule has 1 heterocycles. The molecule has 1 aliphatic heterocycles. The molecule has 10 heteroatoms. The number of para-hydroxylation sites is 1. The Morgan fingerprint density at radius 1 is 0.974 bits per heavy atom. The molecule has 3 N–H and O–H groups in total. The molecule has 0 atom stereocenters. The second kappa shape index (κ2) is 9.90. The molecule has 0 spiro atoms. The summed E-state index contributed by atoms with van der Waals surface area (Å²) in [5.74, 6) is -3.26. The summed E-state index contributed by atoms with van der Waals surface area (Å²) in [4.78, 5) is 25.6. The van der Waals surface area contributed by atoms with E-state index in [1.807, 2.05) is 19.9 Å². The number of anilines is 3. The van der Waals surface area contributed by atoms with Crippen molar-refractivity contribution in [3.63, 3.8) is 0 Å². The SMILES string of the molecule is Cc1ccc(N2C(=O)C(=NNc3cccc(-c4cccc(OC(=O)O)c4)c3O)c3c2ccc(F)c3F)cc1C. The molecule has 0 radical (unpaired) electrons. The maximum Gasteiger partial charge on any atom is 0.511 e. The number of hydrogen-bond donors (Lipinski definition) is 3. The Kier molecular flexibility index (Phi) is 6.45. The van der Waals surface area contributed by atoms with Gasteiger partial charge in [0.2, 0.25) is 0 Å². The minimum Gasteiger partial charge on any atom is -0.505 e. The number of aromatic hydroxyl groups is 1. The number of amides is 1. The third kappa shape index (κ3) is 4.63. The van der Waals surface area contributed by atoms with Crippen LogP contribution >= 0.6 is 0 Å². The van der Waals surface area contributed by atoms with Gasteiger partial charge in [-0.2, -0.15) is 5.10 Å². The number of benzene rings is 4. The van der Waals surface area contributed by atoms with Crippen molar-refractivity contribution in [3.8, 4) is 22.6 Å². The maximum absolute atomic E-state index is 15.0. The number of phenolic OH excluding ortho intramolecular Hbond substituents is 1. The van der Waals surface area contributed by atoms with Crippen LogP contribution in [0.4, 0.5) is 30.6 Å². The van der Waals surface area contributed by atoms with Crippen LogP contribution in [-0.2, 0) is 4.79 Å². The number of aryl methyl sites for hydroxylation is 2. The van der Waals surface area contributed by atoms with Gasteiger partial charge in [0.1, 0.15) is 11.5 Å². The predicted molar refractivity (Wildman–Crippen MR) is 142 cm³/mol. The lowest BCUT2D eigenvalue weighted by molar-refractivity contribution is -0.111. The lowest BCUT2D eigenvalue weighted by atomic mass is 10.0. The highest BCUT2D eigenvalue weighted by Gasteiger charge is 2.39. The average molecular weight is 529 g/mol. The van der Waals surface area contributed by atoms with Gasteiger partial charge in [0.15, 0.2) is 17.3 Å². The zero-order chi connectivity index (χ0) is 27.8. The molecule has 1 aliphatic rings. The van der Waals surface area contributed by atoms with E-state index < -0.39 is 23.7 Å². The molecule has 0 fully saturated rings. The number of hydrazone groups is 1. The van der Waals surface area contributed by atoms with Gasteiger partial charge in [-0.15, -0.1) is 0 Å². The summed E-state index contributed by atoms with van der Waals surface area (Å²) in [5, 5.41) is 23.9. The third-order valence-electron chi connectivity index (χ3n) is 6.38. The number of nitrogens with one attached hydrogen (secondary N) is 1. The molecule has 5 rings (SSSR count). The van der Waals surface area contributed by atoms with E-state index in [1.165, 1.54) is 29.2 Å². The smallest absolute Gasteiger partial charge is 0.505 e. The number of carbonyl (C=O) groups excluding carboxylic acids is 1. The average Bonchev–Trinajstić information content (AvgIpc) is 3.18. The van der Waals surface area contributed by atoms with Crippen LogP contribution in [0.5, 0.6) is 11.5 Å². The predicted octanol–water partition coefficient (Wildman–Crippen LogP) is 6.51. The van der Waals surface area contributed by atoms with E-state index in [4.69, 9.17) is 5.11 Å². The fourth-order valence-corrected chi connectivity index (χ4v) is 4.31. The Labute approximate surface area is 221 Å². The van der Waals surface area contributed by atoms with Crippen LogP contribution < -0.4 is 15.1 Å². The Bertz CT molecular complexity index is 1690. The summed E-state index contributed by atoms with van der Waals surface area (Å²) in [6.45, 7) is 3.79. The summed E-state index contributed by atoms with van der Waals surface area (Å²) in [6.07, 6.45) is -1.48. The lowest BCUT2D eigenvalue weighted by Gasteiger charge is -2.18. The van der Waals surface area contributed by atoms with Crippen molar-refractivity contribution in [3.05, 3.63) is 101 Å². The van der Waals surface area contributed by atoms with Crippen molar-refractivity contribution in [1.82, 2.24) is 0 Å². The number of ether oxygens (including phenoxy) is 1. The normalized spacial score (nSPS) is 13.5. The number of halogens is 2. The van der Waals surface area contributed by atoms with Crippen LogP contribution in [0.15, 0.2) is 77.9 Å². The van der Waals surface area contributed by atoms with Gasteiger partial charge in [0.25, 0.3) is 5.91 Å². The van der Waals surface area contributed by atoms with Gasteiger partial charge in [0.05, 0.1) is 16.9 Å². The summed E-state index contributed by atoms with van der Waals surface area (Å²) in [7, 11) is 0. The maximum atomic E-state index is 15.0. The number of phenols is 1. The molecule has 0 saturated carbocycles. The van der Waals surface area contributed by atoms with E-state index in [9.17, 15) is 19.1 Å². The second-order valence-corrected chi connectivity index (χ2v) is 8.83. The molecule has 4 aromatic carbocycles. The molecule has 196 valence electrons.